The first kappa shape index (κ1) is 20.9. The Morgan fingerprint density at radius 2 is 2.00 bits per heavy atom. The van der Waals surface area contributed by atoms with Gasteiger partial charge in [0.1, 0.15) is 6.54 Å². The zero-order chi connectivity index (χ0) is 21.1. The highest BCUT2D eigenvalue weighted by Crippen LogP contribution is 2.31. The maximum absolute atomic E-state index is 10.7. The number of nitrogens with zero attached hydrogens (tertiary/aromatic N) is 5. The molecule has 0 bridgehead atoms. The lowest BCUT2D eigenvalue weighted by Crippen LogP contribution is -2.25. The fraction of sp³-hybridized carbons (Fsp3) is 0.125. The Kier molecular flexibility index (Phi) is 6.28. The van der Waals surface area contributed by atoms with Crippen LogP contribution in [0.4, 0.5) is 0 Å². The van der Waals surface area contributed by atoms with E-state index in [0.717, 1.165) is 0 Å². The molecule has 0 atom stereocenters. The third-order valence-electron chi connectivity index (χ3n) is 3.55. The van der Waals surface area contributed by atoms with Crippen LogP contribution < -0.4 is 11.6 Å². The van der Waals surface area contributed by atoms with Gasteiger partial charge in [0, 0.05) is 12.4 Å². The van der Waals surface area contributed by atoms with Crippen molar-refractivity contribution in [2.24, 2.45) is 11.6 Å². The van der Waals surface area contributed by atoms with E-state index in [1.807, 2.05) is 0 Å². The van der Waals surface area contributed by atoms with Crippen LogP contribution in [0.1, 0.15) is 11.4 Å². The second kappa shape index (κ2) is 8.70. The fourth-order valence-corrected chi connectivity index (χ4v) is 2.98. The van der Waals surface area contributed by atoms with Gasteiger partial charge in [-0.15, -0.1) is 0 Å². The average Bonchev–Trinajstić information content (AvgIpc) is 3.28. The maximum atomic E-state index is 10.7. The van der Waals surface area contributed by atoms with Crippen molar-refractivity contribution in [1.82, 2.24) is 24.9 Å². The van der Waals surface area contributed by atoms with Crippen LogP contribution in [0.15, 0.2) is 35.1 Å². The number of carboxylic acid groups (broad SMARTS) is 1. The van der Waals surface area contributed by atoms with E-state index in [1.165, 1.54) is 22.1 Å². The molecule has 0 spiro atoms. The lowest BCUT2D eigenvalue weighted by atomic mass is 10.2. The molecule has 5 N–H and O–H groups in total. The first-order valence-electron chi connectivity index (χ1n) is 7.94. The van der Waals surface area contributed by atoms with Crippen molar-refractivity contribution >= 4 is 46.5 Å². The van der Waals surface area contributed by atoms with Crippen LogP contribution in [0.5, 0.6) is 0 Å². The van der Waals surface area contributed by atoms with Crippen LogP contribution in [0.3, 0.4) is 0 Å². The van der Waals surface area contributed by atoms with Crippen molar-refractivity contribution < 1.29 is 14.4 Å². The minimum atomic E-state index is -1.02. The highest BCUT2D eigenvalue weighted by Gasteiger charge is 2.15. The summed E-state index contributed by atoms with van der Waals surface area (Å²) >= 11 is 17.9. The first-order valence-corrected chi connectivity index (χ1v) is 9.08. The molecule has 0 aliphatic rings. The number of benzene rings is 1. The topological polar surface area (TPSA) is 149 Å². The zero-order valence-electron chi connectivity index (χ0n) is 14.6. The number of hydrogen-bond acceptors (Lipinski definition) is 8. The van der Waals surface area contributed by atoms with Gasteiger partial charge in [-0.25, -0.2) is 5.84 Å². The van der Waals surface area contributed by atoms with Gasteiger partial charge in [-0.3, -0.25) is 9.48 Å². The van der Waals surface area contributed by atoms with Crippen molar-refractivity contribution in [3.05, 3.63) is 57.1 Å². The summed E-state index contributed by atoms with van der Waals surface area (Å²) in [5, 5.41) is 18.8. The monoisotopic (exact) mass is 457 g/mol. The Balaban J connectivity index is 1.71. The molecular weight excluding hydrogens is 445 g/mol. The van der Waals surface area contributed by atoms with Crippen molar-refractivity contribution in [2.75, 3.05) is 0 Å². The summed E-state index contributed by atoms with van der Waals surface area (Å²) in [5.41, 5.74) is 7.14. The van der Waals surface area contributed by atoms with Gasteiger partial charge in [0.25, 0.3) is 5.89 Å². The van der Waals surface area contributed by atoms with Crippen molar-refractivity contribution in [3.63, 3.8) is 0 Å². The Morgan fingerprint density at radius 1 is 1.31 bits per heavy atom. The van der Waals surface area contributed by atoms with Crippen LogP contribution in [0.2, 0.25) is 15.1 Å². The third-order valence-corrected chi connectivity index (χ3v) is 4.75. The summed E-state index contributed by atoms with van der Waals surface area (Å²) in [6.45, 7) is -0.0501. The largest absolute Gasteiger partial charge is 0.480 e. The SMILES string of the molecule is N/C(=C\N(N)Cc1cc(Cl)c(Cl)c(Cl)c1)c1noc(-c2ccn(CC(=O)O)n2)n1. The third kappa shape index (κ3) is 5.18. The summed E-state index contributed by atoms with van der Waals surface area (Å²) in [6, 6.07) is 4.82. The van der Waals surface area contributed by atoms with Crippen LogP contribution in [0, 0.1) is 0 Å². The second-order valence-corrected chi connectivity index (χ2v) is 7.04. The zero-order valence-corrected chi connectivity index (χ0v) is 16.9. The van der Waals surface area contributed by atoms with E-state index < -0.39 is 5.97 Å². The number of carbonyl (C=O) groups is 1. The van der Waals surface area contributed by atoms with Crippen molar-refractivity contribution in [2.45, 2.75) is 13.1 Å². The standard InChI is InChI=1S/C16H14Cl3N7O3/c17-9-3-8(4-10(18)14(9)19)5-25(21)6-11(20)15-22-16(29-24-15)12-1-2-26(23-12)7-13(27)28/h1-4,6H,5,7,20-21H2,(H,27,28)/b11-6-. The van der Waals surface area contributed by atoms with Crippen molar-refractivity contribution in [3.8, 4) is 11.6 Å². The van der Waals surface area contributed by atoms with Gasteiger partial charge in [0.05, 0.1) is 27.3 Å². The van der Waals surface area contributed by atoms with Crippen LogP contribution >= 0.6 is 34.8 Å². The van der Waals surface area contributed by atoms with Crippen molar-refractivity contribution in [1.29, 1.82) is 0 Å². The number of carboxylic acids is 1. The fourth-order valence-electron chi connectivity index (χ4n) is 2.34. The summed E-state index contributed by atoms with van der Waals surface area (Å²) in [5.74, 6) is 5.10. The predicted octanol–water partition coefficient (Wildman–Crippen LogP) is 2.61. The van der Waals surface area contributed by atoms with E-state index in [-0.39, 0.29) is 35.5 Å². The van der Waals surface area contributed by atoms with E-state index in [2.05, 4.69) is 15.2 Å². The maximum Gasteiger partial charge on any atom is 0.325 e. The highest BCUT2D eigenvalue weighted by molar-refractivity contribution is 6.48. The number of rotatable bonds is 7. The predicted molar refractivity (Wildman–Crippen MR) is 107 cm³/mol. The van der Waals surface area contributed by atoms with Crippen LogP contribution in [-0.4, -0.2) is 36.0 Å². The molecule has 0 fully saturated rings. The average molecular weight is 459 g/mol. The lowest BCUT2D eigenvalue weighted by molar-refractivity contribution is -0.137. The number of halogens is 3. The summed E-state index contributed by atoms with van der Waals surface area (Å²) < 4.78 is 6.35. The Bertz CT molecular complexity index is 1060. The molecule has 29 heavy (non-hydrogen) atoms. The molecule has 10 nitrogen and oxygen atoms in total. The molecule has 0 aliphatic heterocycles. The Morgan fingerprint density at radius 3 is 2.66 bits per heavy atom. The molecule has 0 saturated carbocycles. The molecule has 0 saturated heterocycles. The molecular formula is C16H14Cl3N7O3. The minimum Gasteiger partial charge on any atom is -0.480 e. The summed E-state index contributed by atoms with van der Waals surface area (Å²) in [7, 11) is 0. The van der Waals surface area contributed by atoms with E-state index in [0.29, 0.717) is 21.3 Å². The number of hydrazine groups is 1. The molecule has 3 rings (SSSR count). The van der Waals surface area contributed by atoms with Gasteiger partial charge >= 0.3 is 5.97 Å². The summed E-state index contributed by atoms with van der Waals surface area (Å²) in [4.78, 5) is 14.9. The molecule has 0 amide bonds. The molecule has 3 aromatic rings. The molecule has 2 heterocycles. The van der Waals surface area contributed by atoms with Gasteiger partial charge in [-0.05, 0) is 23.8 Å². The minimum absolute atomic E-state index is 0.0836. The van der Waals surface area contributed by atoms with Crippen LogP contribution in [0.25, 0.3) is 17.3 Å². The lowest BCUT2D eigenvalue weighted by Gasteiger charge is -2.15. The first-order chi connectivity index (χ1) is 13.7. The Labute approximate surface area is 179 Å². The van der Waals surface area contributed by atoms with E-state index in [9.17, 15) is 4.79 Å². The number of aliphatic carboxylic acids is 1. The van der Waals surface area contributed by atoms with Crippen LogP contribution in [-0.2, 0) is 17.9 Å². The number of nitrogens with two attached hydrogens (primary N) is 2. The van der Waals surface area contributed by atoms with Gasteiger partial charge in [0.2, 0.25) is 5.82 Å². The second-order valence-electron chi connectivity index (χ2n) is 5.85. The van der Waals surface area contributed by atoms with Gasteiger partial charge < -0.3 is 20.4 Å². The molecule has 0 unspecified atom stereocenters. The Hall–Kier alpha value is -2.79. The number of aromatic nitrogens is 4. The molecule has 2 aromatic heterocycles. The molecule has 0 aliphatic carbocycles. The summed E-state index contributed by atoms with van der Waals surface area (Å²) in [6.07, 6.45) is 2.89. The van der Waals surface area contributed by atoms with Gasteiger partial charge in [0.15, 0.2) is 5.69 Å². The van der Waals surface area contributed by atoms with E-state index in [1.54, 1.807) is 18.2 Å². The van der Waals surface area contributed by atoms with Gasteiger partial charge in [-0.2, -0.15) is 10.1 Å². The molecule has 13 heteroatoms. The van der Waals surface area contributed by atoms with Gasteiger partial charge in [-0.1, -0.05) is 40.0 Å². The molecule has 1 aromatic carbocycles. The van der Waals surface area contributed by atoms with E-state index in [4.69, 9.17) is 56.0 Å². The highest BCUT2D eigenvalue weighted by atomic mass is 35.5. The smallest absolute Gasteiger partial charge is 0.325 e. The molecule has 152 valence electrons. The quantitative estimate of drug-likeness (QED) is 0.276. The molecule has 0 radical (unpaired) electrons. The van der Waals surface area contributed by atoms with E-state index >= 15 is 0 Å². The number of hydrogen-bond donors (Lipinski definition) is 3. The normalized spacial score (nSPS) is 11.7.